The van der Waals surface area contributed by atoms with E-state index < -0.39 is 0 Å². The molecule has 108 valence electrons. The second-order valence-electron chi connectivity index (χ2n) is 3.92. The van der Waals surface area contributed by atoms with Gasteiger partial charge in [-0.15, -0.1) is 0 Å². The molecule has 1 aromatic heterocycles. The lowest BCUT2D eigenvalue weighted by atomic mass is 10.2. The molecule has 0 aliphatic heterocycles. The number of ether oxygens (including phenoxy) is 3. The summed E-state index contributed by atoms with van der Waals surface area (Å²) in [5.41, 5.74) is 0.930. The van der Waals surface area contributed by atoms with Crippen molar-refractivity contribution in [1.82, 2.24) is 9.97 Å². The molecule has 1 heterocycles. The molecule has 1 N–H and O–H groups in total. The summed E-state index contributed by atoms with van der Waals surface area (Å²) in [5.74, 6) is 1.83. The summed E-state index contributed by atoms with van der Waals surface area (Å²) in [7, 11) is 4.61. The fourth-order valence-corrected chi connectivity index (χ4v) is 1.76. The van der Waals surface area contributed by atoms with Gasteiger partial charge >= 0.3 is 0 Å². The predicted molar refractivity (Wildman–Crippen MR) is 76.1 cm³/mol. The number of aromatic nitrogens is 2. The molecule has 0 bridgehead atoms. The largest absolute Gasteiger partial charge is 0.493 e. The molecule has 21 heavy (non-hydrogen) atoms. The molecule has 2 aromatic rings. The van der Waals surface area contributed by atoms with E-state index in [2.05, 4.69) is 15.3 Å². The molecule has 0 fully saturated rings. The first-order valence-electron chi connectivity index (χ1n) is 6.02. The van der Waals surface area contributed by atoms with E-state index in [0.717, 1.165) is 0 Å². The average Bonchev–Trinajstić information content (AvgIpc) is 2.53. The highest BCUT2D eigenvalue weighted by atomic mass is 16.5. The van der Waals surface area contributed by atoms with Crippen LogP contribution in [0.4, 0.5) is 11.6 Å². The second kappa shape index (κ2) is 6.43. The van der Waals surface area contributed by atoms with E-state index in [0.29, 0.717) is 28.9 Å². The molecule has 2 rings (SSSR count). The van der Waals surface area contributed by atoms with Crippen LogP contribution in [0.2, 0.25) is 0 Å². The average molecular weight is 286 g/mol. The molecule has 0 unspecified atom stereocenters. The van der Waals surface area contributed by atoms with Crippen LogP contribution in [0, 0.1) is 11.3 Å². The monoisotopic (exact) mass is 286 g/mol. The Morgan fingerprint density at radius 2 is 1.76 bits per heavy atom. The van der Waals surface area contributed by atoms with E-state index in [4.69, 9.17) is 19.5 Å². The Bertz CT molecular complexity index is 657. The van der Waals surface area contributed by atoms with Crippen LogP contribution in [0.15, 0.2) is 24.4 Å². The maximum Gasteiger partial charge on any atom is 0.228 e. The standard InChI is InChI=1S/C14H14N4O3/c1-19-11-6-10(7-12(20-2)13(11)21-3)18-14-16-5-4-9(8-15)17-14/h4-7H,1-3H3,(H,16,17,18). The Morgan fingerprint density at radius 3 is 2.29 bits per heavy atom. The first kappa shape index (κ1) is 14.4. The van der Waals surface area contributed by atoms with E-state index in [1.165, 1.54) is 33.6 Å². The van der Waals surface area contributed by atoms with Gasteiger partial charge in [-0.05, 0) is 6.07 Å². The Balaban J connectivity index is 2.38. The smallest absolute Gasteiger partial charge is 0.228 e. The summed E-state index contributed by atoms with van der Waals surface area (Å²) >= 11 is 0. The van der Waals surface area contributed by atoms with Gasteiger partial charge in [-0.25, -0.2) is 9.97 Å². The minimum absolute atomic E-state index is 0.278. The normalized spacial score (nSPS) is 9.62. The summed E-state index contributed by atoms with van der Waals surface area (Å²) in [4.78, 5) is 8.09. The van der Waals surface area contributed by atoms with Crippen molar-refractivity contribution in [1.29, 1.82) is 5.26 Å². The summed E-state index contributed by atoms with van der Waals surface area (Å²) in [6.45, 7) is 0. The van der Waals surface area contributed by atoms with Gasteiger partial charge in [0.2, 0.25) is 11.7 Å². The van der Waals surface area contributed by atoms with Crippen molar-refractivity contribution >= 4 is 11.6 Å². The molecule has 0 saturated carbocycles. The van der Waals surface area contributed by atoms with Gasteiger partial charge in [-0.3, -0.25) is 0 Å². The number of hydrogen-bond acceptors (Lipinski definition) is 7. The molecule has 7 nitrogen and oxygen atoms in total. The highest BCUT2D eigenvalue weighted by Crippen LogP contribution is 2.40. The maximum atomic E-state index is 8.84. The number of nitriles is 1. The fourth-order valence-electron chi connectivity index (χ4n) is 1.76. The Kier molecular flexibility index (Phi) is 4.41. The first-order chi connectivity index (χ1) is 10.2. The lowest BCUT2D eigenvalue weighted by Crippen LogP contribution is -2.00. The van der Waals surface area contributed by atoms with Gasteiger partial charge in [0.25, 0.3) is 0 Å². The van der Waals surface area contributed by atoms with E-state index >= 15 is 0 Å². The van der Waals surface area contributed by atoms with Crippen LogP contribution in [0.25, 0.3) is 0 Å². The van der Waals surface area contributed by atoms with Crippen molar-refractivity contribution in [2.45, 2.75) is 0 Å². The van der Waals surface area contributed by atoms with E-state index in [-0.39, 0.29) is 5.69 Å². The van der Waals surface area contributed by atoms with Crippen molar-refractivity contribution in [3.05, 3.63) is 30.1 Å². The van der Waals surface area contributed by atoms with Crippen LogP contribution in [0.3, 0.4) is 0 Å². The molecule has 0 saturated heterocycles. The van der Waals surface area contributed by atoms with Crippen molar-refractivity contribution < 1.29 is 14.2 Å². The van der Waals surface area contributed by atoms with Gasteiger partial charge in [-0.1, -0.05) is 0 Å². The van der Waals surface area contributed by atoms with Crippen molar-refractivity contribution in [3.63, 3.8) is 0 Å². The number of rotatable bonds is 5. The third-order valence-corrected chi connectivity index (χ3v) is 2.69. The number of methoxy groups -OCH3 is 3. The zero-order valence-electron chi connectivity index (χ0n) is 11.9. The third-order valence-electron chi connectivity index (χ3n) is 2.69. The summed E-state index contributed by atoms with van der Waals surface area (Å²) in [6.07, 6.45) is 1.51. The van der Waals surface area contributed by atoms with E-state index in [1.807, 2.05) is 6.07 Å². The van der Waals surface area contributed by atoms with Crippen LogP contribution in [0.5, 0.6) is 17.2 Å². The molecule has 0 radical (unpaired) electrons. The highest BCUT2D eigenvalue weighted by Gasteiger charge is 2.13. The number of nitrogens with zero attached hydrogens (tertiary/aromatic N) is 3. The Hall–Kier alpha value is -3.01. The van der Waals surface area contributed by atoms with Crippen LogP contribution in [-0.4, -0.2) is 31.3 Å². The van der Waals surface area contributed by atoms with Crippen molar-refractivity contribution in [3.8, 4) is 23.3 Å². The van der Waals surface area contributed by atoms with Crippen LogP contribution in [0.1, 0.15) is 5.69 Å². The number of hydrogen-bond donors (Lipinski definition) is 1. The lowest BCUT2D eigenvalue weighted by Gasteiger charge is -2.14. The van der Waals surface area contributed by atoms with Gasteiger partial charge in [0.15, 0.2) is 11.5 Å². The highest BCUT2D eigenvalue weighted by molar-refractivity contribution is 5.65. The second-order valence-corrected chi connectivity index (χ2v) is 3.92. The lowest BCUT2D eigenvalue weighted by molar-refractivity contribution is 0.324. The Labute approximate surface area is 122 Å². The summed E-state index contributed by atoms with van der Waals surface area (Å²) < 4.78 is 15.8. The molecule has 0 amide bonds. The van der Waals surface area contributed by atoms with Crippen LogP contribution >= 0.6 is 0 Å². The van der Waals surface area contributed by atoms with Gasteiger partial charge < -0.3 is 19.5 Å². The maximum absolute atomic E-state index is 8.84. The SMILES string of the molecule is COc1cc(Nc2nccc(C#N)n2)cc(OC)c1OC. The van der Waals surface area contributed by atoms with Gasteiger partial charge in [-0.2, -0.15) is 5.26 Å². The summed E-state index contributed by atoms with van der Waals surface area (Å²) in [6, 6.07) is 6.94. The fraction of sp³-hybridized carbons (Fsp3) is 0.214. The molecular formula is C14H14N4O3. The number of benzene rings is 1. The van der Waals surface area contributed by atoms with Gasteiger partial charge in [0.1, 0.15) is 11.8 Å². The molecule has 0 atom stereocenters. The molecule has 0 spiro atoms. The quantitative estimate of drug-likeness (QED) is 0.900. The number of nitrogens with one attached hydrogen (secondary N) is 1. The van der Waals surface area contributed by atoms with E-state index in [1.54, 1.807) is 12.1 Å². The molecule has 1 aromatic carbocycles. The minimum atomic E-state index is 0.278. The van der Waals surface area contributed by atoms with Crippen LogP contribution < -0.4 is 19.5 Å². The molecule has 7 heteroatoms. The molecule has 0 aliphatic rings. The van der Waals surface area contributed by atoms with Crippen LogP contribution in [-0.2, 0) is 0 Å². The van der Waals surface area contributed by atoms with Gasteiger partial charge in [0, 0.05) is 24.0 Å². The Morgan fingerprint density at radius 1 is 1.10 bits per heavy atom. The first-order valence-corrected chi connectivity index (χ1v) is 6.02. The van der Waals surface area contributed by atoms with E-state index in [9.17, 15) is 0 Å². The topological polar surface area (TPSA) is 89.3 Å². The molecular weight excluding hydrogens is 272 g/mol. The zero-order chi connectivity index (χ0) is 15.2. The molecule has 0 aliphatic carbocycles. The van der Waals surface area contributed by atoms with Gasteiger partial charge in [0.05, 0.1) is 21.3 Å². The third kappa shape index (κ3) is 3.12. The summed E-state index contributed by atoms with van der Waals surface area (Å²) in [5, 5.41) is 11.8. The number of anilines is 2. The van der Waals surface area contributed by atoms with Crippen molar-refractivity contribution in [2.75, 3.05) is 26.6 Å². The zero-order valence-corrected chi connectivity index (χ0v) is 11.9. The minimum Gasteiger partial charge on any atom is -0.493 e. The van der Waals surface area contributed by atoms with Crippen molar-refractivity contribution in [2.24, 2.45) is 0 Å². The predicted octanol–water partition coefficient (Wildman–Crippen LogP) is 2.12.